The lowest BCUT2D eigenvalue weighted by Crippen LogP contribution is -2.21. The van der Waals surface area contributed by atoms with Crippen LogP contribution in [0.25, 0.3) is 0 Å². The first-order chi connectivity index (χ1) is 11.3. The van der Waals surface area contributed by atoms with Crippen molar-refractivity contribution in [3.05, 3.63) is 65.7 Å². The number of aliphatic hydroxyl groups excluding tert-OH is 1. The Bertz CT molecular complexity index is 710. The molecule has 4 N–H and O–H groups in total. The predicted octanol–water partition coefficient (Wildman–Crippen LogP) is 1.39. The van der Waals surface area contributed by atoms with E-state index in [9.17, 15) is 19.5 Å². The molecule has 1 unspecified atom stereocenters. The fraction of sp³-hybridized carbons (Fsp3) is 0.118. The smallest absolute Gasteiger partial charge is 0.375 e. The third kappa shape index (κ3) is 5.90. The highest BCUT2D eigenvalue weighted by molar-refractivity contribution is 6.34. The Morgan fingerprint density at radius 3 is 1.92 bits per heavy atom. The predicted molar refractivity (Wildman–Crippen MR) is 83.5 cm³/mol. The topological polar surface area (TPSA) is 132 Å². The third-order valence-electron chi connectivity index (χ3n) is 2.91. The summed E-state index contributed by atoms with van der Waals surface area (Å²) in [6, 6.07) is 14.3. The van der Waals surface area contributed by atoms with Crippen molar-refractivity contribution in [1.29, 1.82) is 0 Å². The Balaban J connectivity index is 0.000000243. The molecule has 1 atom stereocenters. The molecule has 7 nitrogen and oxygen atoms in total. The highest BCUT2D eigenvalue weighted by Crippen LogP contribution is 2.15. The maximum atomic E-state index is 10.8. The van der Waals surface area contributed by atoms with Crippen LogP contribution in [0.2, 0.25) is 0 Å². The van der Waals surface area contributed by atoms with Crippen molar-refractivity contribution < 1.29 is 34.8 Å². The van der Waals surface area contributed by atoms with Gasteiger partial charge in [-0.05, 0) is 11.6 Å². The van der Waals surface area contributed by atoms with Crippen molar-refractivity contribution >= 4 is 17.7 Å². The highest BCUT2D eigenvalue weighted by atomic mass is 16.4. The number of Topliss-reactive ketones (excluding diaryl/α,β-unsaturated/α-hetero) is 1. The summed E-state index contributed by atoms with van der Waals surface area (Å²) in [4.78, 5) is 31.2. The first-order valence-electron chi connectivity index (χ1n) is 6.81. The molecule has 0 radical (unpaired) electrons. The molecule has 0 aliphatic carbocycles. The summed E-state index contributed by atoms with van der Waals surface area (Å²) >= 11 is 0. The van der Waals surface area contributed by atoms with Gasteiger partial charge in [0.2, 0.25) is 0 Å². The number of aliphatic carboxylic acids is 2. The van der Waals surface area contributed by atoms with Gasteiger partial charge in [0.15, 0.2) is 0 Å². The Hall–Kier alpha value is -3.19. The minimum atomic E-state index is -1.63. The van der Waals surface area contributed by atoms with Gasteiger partial charge in [0.05, 0.1) is 6.42 Å². The zero-order chi connectivity index (χ0) is 18.1. The molecule has 0 fully saturated rings. The van der Waals surface area contributed by atoms with E-state index in [0.717, 1.165) is 0 Å². The quantitative estimate of drug-likeness (QED) is 0.608. The minimum Gasteiger partial charge on any atom is -0.508 e. The zero-order valence-corrected chi connectivity index (χ0v) is 12.5. The van der Waals surface area contributed by atoms with Crippen molar-refractivity contribution in [2.75, 3.05) is 0 Å². The number of rotatable bonds is 5. The number of hydrogen-bond donors (Lipinski definition) is 4. The highest BCUT2D eigenvalue weighted by Gasteiger charge is 2.23. The van der Waals surface area contributed by atoms with E-state index in [-0.39, 0.29) is 17.7 Å². The van der Waals surface area contributed by atoms with E-state index in [0.29, 0.717) is 5.56 Å². The molecular formula is C17H16O7. The van der Waals surface area contributed by atoms with E-state index in [4.69, 9.17) is 15.3 Å². The molecule has 2 aromatic rings. The van der Waals surface area contributed by atoms with Gasteiger partial charge in [0, 0.05) is 5.56 Å². The van der Waals surface area contributed by atoms with Gasteiger partial charge in [-0.25, -0.2) is 4.79 Å². The van der Waals surface area contributed by atoms with Gasteiger partial charge in [-0.15, -0.1) is 0 Å². The van der Waals surface area contributed by atoms with Gasteiger partial charge in [-0.1, -0.05) is 48.5 Å². The molecular weight excluding hydrogens is 316 g/mol. The molecule has 0 bridgehead atoms. The number of hydrogen-bond acceptors (Lipinski definition) is 5. The van der Waals surface area contributed by atoms with Crippen LogP contribution < -0.4 is 0 Å². The lowest BCUT2D eigenvalue weighted by molar-refractivity contribution is -0.153. The molecule has 0 aliphatic rings. The van der Waals surface area contributed by atoms with Crippen LogP contribution in [-0.4, -0.2) is 38.1 Å². The second-order valence-corrected chi connectivity index (χ2v) is 4.68. The molecule has 7 heteroatoms. The maximum Gasteiger partial charge on any atom is 0.375 e. The third-order valence-corrected chi connectivity index (χ3v) is 2.91. The summed E-state index contributed by atoms with van der Waals surface area (Å²) < 4.78 is 0. The summed E-state index contributed by atoms with van der Waals surface area (Å²) in [5.41, 5.74) is 0.731. The summed E-state index contributed by atoms with van der Waals surface area (Å²) in [7, 11) is 0. The van der Waals surface area contributed by atoms with Crippen LogP contribution in [-0.2, 0) is 20.8 Å². The van der Waals surface area contributed by atoms with Gasteiger partial charge in [0.25, 0.3) is 5.78 Å². The van der Waals surface area contributed by atoms with Crippen molar-refractivity contribution in [2.24, 2.45) is 0 Å². The summed E-state index contributed by atoms with van der Waals surface area (Å²) in [5, 5.41) is 35.0. The monoisotopic (exact) mass is 332 g/mol. The lowest BCUT2D eigenvalue weighted by Gasteiger charge is -2.05. The van der Waals surface area contributed by atoms with Gasteiger partial charge in [-0.2, -0.15) is 0 Å². The summed E-state index contributed by atoms with van der Waals surface area (Å²) in [6.45, 7) is 0. The number of carboxylic acids is 2. The maximum absolute atomic E-state index is 10.8. The lowest BCUT2D eigenvalue weighted by atomic mass is 10.1. The van der Waals surface area contributed by atoms with Crippen LogP contribution in [0.3, 0.4) is 0 Å². The van der Waals surface area contributed by atoms with Crippen LogP contribution in [0, 0.1) is 0 Å². The van der Waals surface area contributed by atoms with Crippen molar-refractivity contribution in [1.82, 2.24) is 0 Å². The number of phenols is 1. The summed E-state index contributed by atoms with van der Waals surface area (Å²) in [6.07, 6.45) is -1.70. The number of carboxylic acid groups (broad SMARTS) is 2. The van der Waals surface area contributed by atoms with Crippen LogP contribution in [0.15, 0.2) is 54.6 Å². The van der Waals surface area contributed by atoms with Crippen LogP contribution in [0.5, 0.6) is 5.75 Å². The van der Waals surface area contributed by atoms with E-state index >= 15 is 0 Å². The largest absolute Gasteiger partial charge is 0.508 e. The van der Waals surface area contributed by atoms with Crippen molar-refractivity contribution in [2.45, 2.75) is 12.5 Å². The number of aromatic hydroxyl groups is 1. The number of ketones is 1. The van der Waals surface area contributed by atoms with E-state index in [1.807, 2.05) is 0 Å². The van der Waals surface area contributed by atoms with Gasteiger partial charge >= 0.3 is 11.9 Å². The van der Waals surface area contributed by atoms with Crippen LogP contribution in [0.4, 0.5) is 0 Å². The summed E-state index contributed by atoms with van der Waals surface area (Å²) in [5.74, 6) is -3.75. The molecule has 0 spiro atoms. The fourth-order valence-corrected chi connectivity index (χ4v) is 1.73. The molecule has 0 amide bonds. The van der Waals surface area contributed by atoms with E-state index < -0.39 is 23.8 Å². The van der Waals surface area contributed by atoms with Crippen LogP contribution in [0.1, 0.15) is 17.2 Å². The fourth-order valence-electron chi connectivity index (χ4n) is 1.73. The average molecular weight is 332 g/mol. The standard InChI is InChI=1S/C9H8O4.C8H8O3/c10-7(8(11)9(12)13)6-4-2-1-3-5-6;9-7-4-2-1-3-6(7)5-8(10)11/h1-5,7,10H,(H,12,13);1-4,9H,5H2,(H,10,11). The Labute approximate surface area is 137 Å². The molecule has 24 heavy (non-hydrogen) atoms. The van der Waals surface area contributed by atoms with E-state index in [2.05, 4.69) is 0 Å². The number of benzene rings is 2. The second-order valence-electron chi connectivity index (χ2n) is 4.68. The number of carbonyl (C=O) groups excluding carboxylic acids is 1. The minimum absolute atomic E-state index is 0.0369. The van der Waals surface area contributed by atoms with Crippen LogP contribution >= 0.6 is 0 Å². The van der Waals surface area contributed by atoms with E-state index in [1.165, 1.54) is 18.2 Å². The van der Waals surface area contributed by atoms with Gasteiger partial charge in [-0.3, -0.25) is 9.59 Å². The number of aliphatic hydroxyl groups is 1. The molecule has 126 valence electrons. The SMILES string of the molecule is O=C(O)C(=O)C(O)c1ccccc1.O=C(O)Cc1ccccc1O. The average Bonchev–Trinajstić information content (AvgIpc) is 2.56. The Morgan fingerprint density at radius 1 is 0.875 bits per heavy atom. The molecule has 0 saturated heterocycles. The van der Waals surface area contributed by atoms with Gasteiger partial charge in [0.1, 0.15) is 11.9 Å². The van der Waals surface area contributed by atoms with E-state index in [1.54, 1.807) is 36.4 Å². The Morgan fingerprint density at radius 2 is 1.42 bits per heavy atom. The molecule has 2 rings (SSSR count). The second kappa shape index (κ2) is 9.06. The van der Waals surface area contributed by atoms with Gasteiger partial charge < -0.3 is 20.4 Å². The van der Waals surface area contributed by atoms with Crippen molar-refractivity contribution in [3.8, 4) is 5.75 Å². The Kier molecular flexibility index (Phi) is 7.12. The molecule has 0 heterocycles. The molecule has 0 aliphatic heterocycles. The number of para-hydroxylation sites is 1. The zero-order valence-electron chi connectivity index (χ0n) is 12.5. The molecule has 2 aromatic carbocycles. The first kappa shape index (κ1) is 18.9. The molecule has 0 saturated carbocycles. The number of phenolic OH excluding ortho intramolecular Hbond substituents is 1. The normalized spacial score (nSPS) is 10.9. The first-order valence-corrected chi connectivity index (χ1v) is 6.81. The number of carbonyl (C=O) groups is 3. The molecule has 0 aromatic heterocycles. The van der Waals surface area contributed by atoms with Crippen molar-refractivity contribution in [3.63, 3.8) is 0 Å².